The van der Waals surface area contributed by atoms with Crippen LogP contribution in [0.25, 0.3) is 6.08 Å². The van der Waals surface area contributed by atoms with Gasteiger partial charge < -0.3 is 14.2 Å². The number of hydrogen-bond acceptors (Lipinski definition) is 7. The molecule has 7 nitrogen and oxygen atoms in total. The minimum absolute atomic E-state index is 0.104. The van der Waals surface area contributed by atoms with E-state index in [4.69, 9.17) is 25.8 Å². The van der Waals surface area contributed by atoms with Crippen LogP contribution in [0.1, 0.15) is 15.9 Å². The van der Waals surface area contributed by atoms with Gasteiger partial charge in [0.1, 0.15) is 12.4 Å². The lowest BCUT2D eigenvalue weighted by atomic mass is 10.1. The Balaban J connectivity index is 1.45. The highest BCUT2D eigenvalue weighted by Crippen LogP contribution is 2.34. The molecular weight excluding hydrogens is 490 g/mol. The second-order valence-electron chi connectivity index (χ2n) is 7.30. The van der Waals surface area contributed by atoms with Gasteiger partial charge in [-0.3, -0.25) is 14.5 Å². The average molecular weight is 510 g/mol. The monoisotopic (exact) mass is 509 g/mol. The number of methoxy groups -OCH3 is 1. The molecule has 3 aromatic carbocycles. The zero-order chi connectivity index (χ0) is 24.8. The average Bonchev–Trinajstić information content (AvgIpc) is 3.13. The molecule has 2 amide bonds. The molecule has 178 valence electrons. The van der Waals surface area contributed by atoms with Crippen molar-refractivity contribution in [2.75, 3.05) is 20.3 Å². The van der Waals surface area contributed by atoms with Crippen molar-refractivity contribution in [3.05, 3.63) is 93.9 Å². The Labute approximate surface area is 211 Å². The number of carbonyl (C=O) groups excluding carboxylic acids is 3. The zero-order valence-corrected chi connectivity index (χ0v) is 20.2. The third kappa shape index (κ3) is 6.03. The molecule has 1 aliphatic rings. The highest BCUT2D eigenvalue weighted by molar-refractivity contribution is 8.18. The van der Waals surface area contributed by atoms with Crippen molar-refractivity contribution in [1.29, 1.82) is 0 Å². The fraction of sp³-hybridized carbons (Fsp3) is 0.115. The Morgan fingerprint density at radius 2 is 1.74 bits per heavy atom. The molecule has 35 heavy (non-hydrogen) atoms. The topological polar surface area (TPSA) is 82.1 Å². The number of ether oxygens (including phenoxy) is 3. The van der Waals surface area contributed by atoms with Crippen LogP contribution in [0.3, 0.4) is 0 Å². The van der Waals surface area contributed by atoms with Crippen LogP contribution in [-0.4, -0.2) is 42.3 Å². The first-order valence-electron chi connectivity index (χ1n) is 10.5. The first-order chi connectivity index (χ1) is 16.9. The molecule has 0 radical (unpaired) electrons. The van der Waals surface area contributed by atoms with E-state index in [0.717, 1.165) is 16.7 Å². The van der Waals surface area contributed by atoms with Crippen molar-refractivity contribution in [3.63, 3.8) is 0 Å². The van der Waals surface area contributed by atoms with Crippen LogP contribution < -0.4 is 14.2 Å². The van der Waals surface area contributed by atoms with Crippen molar-refractivity contribution in [1.82, 2.24) is 4.90 Å². The summed E-state index contributed by atoms with van der Waals surface area (Å²) >= 11 is 6.69. The maximum atomic E-state index is 12.8. The Morgan fingerprint density at radius 1 is 1.00 bits per heavy atom. The number of imide groups is 1. The van der Waals surface area contributed by atoms with Crippen molar-refractivity contribution in [3.8, 4) is 17.2 Å². The summed E-state index contributed by atoms with van der Waals surface area (Å²) in [5.74, 6) is 0.192. The minimum Gasteiger partial charge on any atom is -0.493 e. The molecule has 0 N–H and O–H groups in total. The molecule has 0 unspecified atom stereocenters. The molecule has 3 aromatic rings. The minimum atomic E-state index is -0.540. The van der Waals surface area contributed by atoms with Gasteiger partial charge in [-0.15, -0.1) is 0 Å². The molecule has 1 heterocycles. The number of amides is 2. The van der Waals surface area contributed by atoms with E-state index in [1.165, 1.54) is 7.11 Å². The largest absolute Gasteiger partial charge is 0.493 e. The lowest BCUT2D eigenvalue weighted by Gasteiger charge is -2.13. The van der Waals surface area contributed by atoms with E-state index >= 15 is 0 Å². The Hall–Kier alpha value is -3.75. The summed E-state index contributed by atoms with van der Waals surface area (Å²) < 4.78 is 16.4. The van der Waals surface area contributed by atoms with E-state index in [-0.39, 0.29) is 29.0 Å². The van der Waals surface area contributed by atoms with Crippen molar-refractivity contribution in [2.45, 2.75) is 0 Å². The molecule has 0 aromatic heterocycles. The van der Waals surface area contributed by atoms with Gasteiger partial charge in [-0.25, -0.2) is 4.79 Å². The van der Waals surface area contributed by atoms with Crippen LogP contribution in [0, 0.1) is 0 Å². The first kappa shape index (κ1) is 24.4. The summed E-state index contributed by atoms with van der Waals surface area (Å²) in [6.07, 6.45) is 1.57. The molecule has 1 fully saturated rings. The fourth-order valence-electron chi connectivity index (χ4n) is 3.23. The van der Waals surface area contributed by atoms with E-state index in [0.29, 0.717) is 27.6 Å². The highest BCUT2D eigenvalue weighted by Gasteiger charge is 2.34. The predicted octanol–water partition coefficient (Wildman–Crippen LogP) is 5.68. The lowest BCUT2D eigenvalue weighted by molar-refractivity contribution is -0.123. The van der Waals surface area contributed by atoms with Gasteiger partial charge in [0.15, 0.2) is 11.5 Å². The number of carbonyl (C=O) groups is 3. The van der Waals surface area contributed by atoms with Gasteiger partial charge in [0.2, 0.25) is 0 Å². The van der Waals surface area contributed by atoms with Gasteiger partial charge in [0, 0.05) is 5.02 Å². The molecule has 0 spiro atoms. The van der Waals surface area contributed by atoms with Gasteiger partial charge >= 0.3 is 5.97 Å². The van der Waals surface area contributed by atoms with E-state index in [1.807, 2.05) is 0 Å². The summed E-state index contributed by atoms with van der Waals surface area (Å²) in [4.78, 5) is 39.1. The molecule has 4 rings (SSSR count). The summed E-state index contributed by atoms with van der Waals surface area (Å²) in [7, 11) is 1.46. The third-order valence-corrected chi connectivity index (χ3v) is 6.13. The van der Waals surface area contributed by atoms with E-state index in [9.17, 15) is 14.4 Å². The zero-order valence-electron chi connectivity index (χ0n) is 18.6. The summed E-state index contributed by atoms with van der Waals surface area (Å²) in [6.45, 7) is 0.252. The fourth-order valence-corrected chi connectivity index (χ4v) is 4.22. The first-order valence-corrected chi connectivity index (χ1v) is 11.7. The Morgan fingerprint density at radius 3 is 2.46 bits per heavy atom. The Bertz CT molecular complexity index is 1280. The number of halogens is 1. The summed E-state index contributed by atoms with van der Waals surface area (Å²) in [5.41, 5.74) is 0.964. The normalized spacial score (nSPS) is 14.3. The number of nitrogens with zero attached hydrogens (tertiary/aromatic N) is 1. The maximum absolute atomic E-state index is 12.8. The molecule has 0 aliphatic carbocycles. The van der Waals surface area contributed by atoms with E-state index < -0.39 is 11.9 Å². The van der Waals surface area contributed by atoms with Crippen LogP contribution in [0.15, 0.2) is 77.7 Å². The molecule has 0 saturated carbocycles. The van der Waals surface area contributed by atoms with Gasteiger partial charge in [0.05, 0.1) is 24.1 Å². The number of benzene rings is 3. The molecular formula is C26H20ClNO6S. The van der Waals surface area contributed by atoms with Crippen molar-refractivity contribution in [2.24, 2.45) is 0 Å². The second kappa shape index (κ2) is 11.1. The third-order valence-electron chi connectivity index (χ3n) is 4.97. The quantitative estimate of drug-likeness (QED) is 0.219. The van der Waals surface area contributed by atoms with Gasteiger partial charge in [-0.2, -0.15) is 0 Å². The number of hydrogen-bond donors (Lipinski definition) is 0. The smallest absolute Gasteiger partial charge is 0.343 e. The van der Waals surface area contributed by atoms with Crippen LogP contribution >= 0.6 is 23.4 Å². The number of esters is 1. The molecule has 9 heteroatoms. The maximum Gasteiger partial charge on any atom is 0.343 e. The Kier molecular flexibility index (Phi) is 7.74. The molecule has 1 aliphatic heterocycles. The van der Waals surface area contributed by atoms with Crippen LogP contribution in [0.2, 0.25) is 5.02 Å². The molecule has 1 saturated heterocycles. The van der Waals surface area contributed by atoms with E-state index in [1.54, 1.807) is 78.9 Å². The van der Waals surface area contributed by atoms with E-state index in [2.05, 4.69) is 0 Å². The molecule has 0 atom stereocenters. The highest BCUT2D eigenvalue weighted by atomic mass is 35.5. The van der Waals surface area contributed by atoms with Gasteiger partial charge in [-0.05, 0) is 71.9 Å². The van der Waals surface area contributed by atoms with Gasteiger partial charge in [0.25, 0.3) is 11.1 Å². The lowest BCUT2D eigenvalue weighted by Crippen LogP contribution is -2.32. The van der Waals surface area contributed by atoms with Gasteiger partial charge in [-0.1, -0.05) is 35.9 Å². The predicted molar refractivity (Wildman–Crippen MR) is 134 cm³/mol. The van der Waals surface area contributed by atoms with Crippen LogP contribution in [0.4, 0.5) is 4.79 Å². The number of rotatable bonds is 8. The molecule has 0 bridgehead atoms. The summed E-state index contributed by atoms with van der Waals surface area (Å²) in [6, 6.07) is 20.3. The second-order valence-corrected chi connectivity index (χ2v) is 8.73. The standard InChI is InChI=1S/C26H20ClNO6S/c1-32-21-12-7-17(15-22(21)34-25(30)18-5-3-2-4-6-18)16-23-24(29)28(26(31)35-23)13-14-33-20-10-8-19(27)9-11-20/h2-12,15-16H,13-14H2,1H3/b23-16-. The summed E-state index contributed by atoms with van der Waals surface area (Å²) in [5, 5.41) is 0.204. The van der Waals surface area contributed by atoms with Crippen LogP contribution in [-0.2, 0) is 4.79 Å². The van der Waals surface area contributed by atoms with Crippen LogP contribution in [0.5, 0.6) is 17.2 Å². The van der Waals surface area contributed by atoms with Crippen molar-refractivity contribution < 1.29 is 28.6 Å². The SMILES string of the molecule is COc1ccc(/C=C2\SC(=O)N(CCOc3ccc(Cl)cc3)C2=O)cc1OC(=O)c1ccccc1. The van der Waals surface area contributed by atoms with Crippen molar-refractivity contribution >= 4 is 46.6 Å². The number of thioether (sulfide) groups is 1.